The second kappa shape index (κ2) is 5.93. The van der Waals surface area contributed by atoms with Crippen LogP contribution in [0.1, 0.15) is 19.4 Å². The van der Waals surface area contributed by atoms with E-state index in [0.717, 1.165) is 44.5 Å². The zero-order chi connectivity index (χ0) is 21.6. The maximum absolute atomic E-state index is 9.54. The lowest BCUT2D eigenvalue weighted by Crippen LogP contribution is -2.29. The number of fused-ring (bicyclic) bond motifs is 8. The zero-order valence-corrected chi connectivity index (χ0v) is 17.8. The number of rotatable bonds is 1. The molecule has 0 amide bonds. The van der Waals surface area contributed by atoms with E-state index < -0.39 is 0 Å². The second-order valence-electron chi connectivity index (χ2n) is 8.75. The van der Waals surface area contributed by atoms with Gasteiger partial charge in [0, 0.05) is 33.7 Å². The SMILES string of the molecule is CC(C)N1c2cc(C#N)ccc2-n2c3cc4oc5ccccc5c4cc3c3cccc1c32. The molecule has 1 aliphatic heterocycles. The minimum absolute atomic E-state index is 0.250. The predicted molar refractivity (Wildman–Crippen MR) is 130 cm³/mol. The summed E-state index contributed by atoms with van der Waals surface area (Å²) in [6.45, 7) is 4.39. The van der Waals surface area contributed by atoms with Gasteiger partial charge in [-0.2, -0.15) is 5.26 Å². The number of para-hydroxylation sites is 2. The smallest absolute Gasteiger partial charge is 0.137 e. The molecule has 7 rings (SSSR count). The first-order valence-corrected chi connectivity index (χ1v) is 10.9. The van der Waals surface area contributed by atoms with E-state index in [9.17, 15) is 5.26 Å². The molecule has 0 unspecified atom stereocenters. The minimum atomic E-state index is 0.250. The van der Waals surface area contributed by atoms with Crippen LogP contribution in [0.3, 0.4) is 0 Å². The van der Waals surface area contributed by atoms with Gasteiger partial charge >= 0.3 is 0 Å². The lowest BCUT2D eigenvalue weighted by molar-refractivity contribution is 0.669. The summed E-state index contributed by atoms with van der Waals surface area (Å²) in [4.78, 5) is 2.34. The Balaban J connectivity index is 1.70. The van der Waals surface area contributed by atoms with Crippen LogP contribution in [0.4, 0.5) is 11.4 Å². The molecule has 4 aromatic carbocycles. The Morgan fingerprint density at radius 2 is 1.59 bits per heavy atom. The summed E-state index contributed by atoms with van der Waals surface area (Å²) in [5, 5.41) is 14.3. The van der Waals surface area contributed by atoms with Crippen LogP contribution >= 0.6 is 0 Å². The Hall–Kier alpha value is -4.23. The summed E-state index contributed by atoms with van der Waals surface area (Å²) in [7, 11) is 0. The summed E-state index contributed by atoms with van der Waals surface area (Å²) in [5.41, 5.74) is 8.09. The quantitative estimate of drug-likeness (QED) is 0.282. The molecular weight excluding hydrogens is 394 g/mol. The fourth-order valence-corrected chi connectivity index (χ4v) is 5.37. The maximum atomic E-state index is 9.54. The molecule has 4 heteroatoms. The van der Waals surface area contributed by atoms with Gasteiger partial charge in [0.25, 0.3) is 0 Å². The first-order valence-electron chi connectivity index (χ1n) is 10.9. The van der Waals surface area contributed by atoms with E-state index in [1.54, 1.807) is 0 Å². The van der Waals surface area contributed by atoms with Crippen molar-refractivity contribution in [3.05, 3.63) is 78.4 Å². The van der Waals surface area contributed by atoms with Crippen molar-refractivity contribution in [3.8, 4) is 11.8 Å². The molecular formula is C28H19N3O. The lowest BCUT2D eigenvalue weighted by Gasteiger charge is -2.36. The van der Waals surface area contributed by atoms with Crippen molar-refractivity contribution in [1.29, 1.82) is 5.26 Å². The van der Waals surface area contributed by atoms with Crippen LogP contribution in [0.25, 0.3) is 49.4 Å². The van der Waals surface area contributed by atoms with Crippen LogP contribution in [0.2, 0.25) is 0 Å². The van der Waals surface area contributed by atoms with Gasteiger partial charge in [-0.25, -0.2) is 0 Å². The van der Waals surface area contributed by atoms with Gasteiger partial charge in [-0.05, 0) is 50.2 Å². The summed E-state index contributed by atoms with van der Waals surface area (Å²) in [6.07, 6.45) is 0. The number of nitrogens with zero attached hydrogens (tertiary/aromatic N) is 3. The zero-order valence-electron chi connectivity index (χ0n) is 17.8. The third kappa shape index (κ3) is 2.05. The summed E-state index contributed by atoms with van der Waals surface area (Å²) in [5.74, 6) is 0. The topological polar surface area (TPSA) is 45.1 Å². The fourth-order valence-electron chi connectivity index (χ4n) is 5.37. The van der Waals surface area contributed by atoms with Crippen LogP contribution in [0, 0.1) is 11.3 Å². The Morgan fingerprint density at radius 1 is 0.750 bits per heavy atom. The molecule has 0 saturated carbocycles. The standard InChI is InChI=1S/C28H19N3O/c1-16(2)30-23-8-5-7-19-20-13-21-18-6-3-4-9-26(18)32-27(21)14-24(20)31(28(19)23)22-11-10-17(15-29)12-25(22)30/h3-14,16H,1-2H3. The van der Waals surface area contributed by atoms with Crippen LogP contribution in [0.15, 0.2) is 77.2 Å². The average molecular weight is 413 g/mol. The van der Waals surface area contributed by atoms with E-state index in [-0.39, 0.29) is 6.04 Å². The predicted octanol–water partition coefficient (Wildman–Crippen LogP) is 7.41. The highest BCUT2D eigenvalue weighted by Gasteiger charge is 2.29. The van der Waals surface area contributed by atoms with Crippen molar-refractivity contribution in [2.24, 2.45) is 0 Å². The lowest BCUT2D eigenvalue weighted by atomic mass is 10.0. The number of anilines is 2. The summed E-state index contributed by atoms with van der Waals surface area (Å²) >= 11 is 0. The number of hydrogen-bond donors (Lipinski definition) is 0. The highest BCUT2D eigenvalue weighted by atomic mass is 16.3. The van der Waals surface area contributed by atoms with Crippen molar-refractivity contribution >= 4 is 55.1 Å². The van der Waals surface area contributed by atoms with Crippen LogP contribution in [-0.4, -0.2) is 10.6 Å². The van der Waals surface area contributed by atoms with Gasteiger partial charge in [0.2, 0.25) is 0 Å². The molecule has 0 bridgehead atoms. The first kappa shape index (κ1) is 17.5. The first-order chi connectivity index (χ1) is 15.7. The van der Waals surface area contributed by atoms with Gasteiger partial charge in [0.1, 0.15) is 11.2 Å². The van der Waals surface area contributed by atoms with E-state index in [0.29, 0.717) is 5.56 Å². The van der Waals surface area contributed by atoms with Gasteiger partial charge in [-0.3, -0.25) is 0 Å². The normalized spacial score (nSPS) is 12.9. The Kier molecular flexibility index (Phi) is 3.23. The Morgan fingerprint density at radius 3 is 2.44 bits per heavy atom. The maximum Gasteiger partial charge on any atom is 0.137 e. The van der Waals surface area contributed by atoms with E-state index in [2.05, 4.69) is 77.9 Å². The van der Waals surface area contributed by atoms with E-state index in [4.69, 9.17) is 4.42 Å². The van der Waals surface area contributed by atoms with Crippen LogP contribution < -0.4 is 4.90 Å². The Labute approximate surface area is 184 Å². The number of benzene rings is 4. The third-order valence-electron chi connectivity index (χ3n) is 6.65. The molecule has 4 nitrogen and oxygen atoms in total. The summed E-state index contributed by atoms with van der Waals surface area (Å²) in [6, 6.07) is 27.7. The monoisotopic (exact) mass is 413 g/mol. The molecule has 0 atom stereocenters. The molecule has 1 aliphatic rings. The van der Waals surface area contributed by atoms with E-state index in [1.807, 2.05) is 24.3 Å². The van der Waals surface area contributed by atoms with Crippen molar-refractivity contribution in [2.45, 2.75) is 19.9 Å². The largest absolute Gasteiger partial charge is 0.456 e. The van der Waals surface area contributed by atoms with E-state index >= 15 is 0 Å². The molecule has 0 spiro atoms. The molecule has 0 radical (unpaired) electrons. The van der Waals surface area contributed by atoms with E-state index in [1.165, 1.54) is 16.3 Å². The minimum Gasteiger partial charge on any atom is -0.456 e. The van der Waals surface area contributed by atoms with Crippen molar-refractivity contribution in [1.82, 2.24) is 4.57 Å². The molecule has 0 saturated heterocycles. The highest BCUT2D eigenvalue weighted by Crippen LogP contribution is 2.48. The third-order valence-corrected chi connectivity index (χ3v) is 6.65. The fraction of sp³-hybridized carbons (Fsp3) is 0.107. The van der Waals surface area contributed by atoms with Gasteiger partial charge in [0.05, 0.1) is 39.7 Å². The number of hydrogen-bond acceptors (Lipinski definition) is 3. The molecule has 0 aliphatic carbocycles. The number of furan rings is 1. The number of aromatic nitrogens is 1. The molecule has 6 aromatic rings. The van der Waals surface area contributed by atoms with Crippen molar-refractivity contribution in [2.75, 3.05) is 4.90 Å². The second-order valence-corrected chi connectivity index (χ2v) is 8.75. The van der Waals surface area contributed by atoms with Crippen LogP contribution in [0.5, 0.6) is 0 Å². The van der Waals surface area contributed by atoms with Gasteiger partial charge in [-0.1, -0.05) is 30.3 Å². The van der Waals surface area contributed by atoms with Crippen molar-refractivity contribution in [3.63, 3.8) is 0 Å². The summed E-state index contributed by atoms with van der Waals surface area (Å²) < 4.78 is 8.56. The van der Waals surface area contributed by atoms with Crippen LogP contribution in [-0.2, 0) is 0 Å². The molecule has 0 fully saturated rings. The molecule has 3 heterocycles. The number of nitriles is 1. The molecule has 0 N–H and O–H groups in total. The molecule has 2 aromatic heterocycles. The van der Waals surface area contributed by atoms with Gasteiger partial charge in [-0.15, -0.1) is 0 Å². The van der Waals surface area contributed by atoms with Gasteiger partial charge < -0.3 is 13.9 Å². The average Bonchev–Trinajstić information content (AvgIpc) is 3.33. The van der Waals surface area contributed by atoms with Gasteiger partial charge in [0.15, 0.2) is 0 Å². The highest BCUT2D eigenvalue weighted by molar-refractivity contribution is 6.20. The van der Waals surface area contributed by atoms with Crippen molar-refractivity contribution < 1.29 is 4.42 Å². The Bertz CT molecular complexity index is 1780. The molecule has 32 heavy (non-hydrogen) atoms. The molecule has 152 valence electrons.